The van der Waals surface area contributed by atoms with Gasteiger partial charge in [-0.05, 0) is 35.4 Å². The van der Waals surface area contributed by atoms with Crippen molar-refractivity contribution in [2.24, 2.45) is 0 Å². The number of carboxylic acids is 2. The average Bonchev–Trinajstić information content (AvgIpc) is 2.56. The number of carbonyl (C=O) groups excluding carboxylic acids is 1. The van der Waals surface area contributed by atoms with Gasteiger partial charge in [0.05, 0.1) is 12.0 Å². The number of aliphatic carboxylic acids is 1. The molecule has 0 saturated carbocycles. The number of halogens is 1. The summed E-state index contributed by atoms with van der Waals surface area (Å²) in [6.45, 7) is 0. The summed E-state index contributed by atoms with van der Waals surface area (Å²) in [5, 5.41) is 20.5. The van der Waals surface area contributed by atoms with Gasteiger partial charge in [0.25, 0.3) is 0 Å². The Morgan fingerprint density at radius 1 is 0.920 bits per heavy atom. The molecule has 0 heterocycles. The highest BCUT2D eigenvalue weighted by atomic mass is 19.1. The molecule has 0 aliphatic heterocycles. The molecular formula is C18H16FNO5. The van der Waals surface area contributed by atoms with Gasteiger partial charge in [0, 0.05) is 6.42 Å². The van der Waals surface area contributed by atoms with Gasteiger partial charge in [-0.15, -0.1) is 0 Å². The minimum atomic E-state index is -1.20. The van der Waals surface area contributed by atoms with Crippen LogP contribution in [0.2, 0.25) is 0 Å². The van der Waals surface area contributed by atoms with Gasteiger partial charge >= 0.3 is 11.9 Å². The normalized spacial score (nSPS) is 11.6. The third-order valence-corrected chi connectivity index (χ3v) is 3.55. The first-order valence-corrected chi connectivity index (χ1v) is 7.44. The third-order valence-electron chi connectivity index (χ3n) is 3.55. The van der Waals surface area contributed by atoms with Gasteiger partial charge in [0.15, 0.2) is 0 Å². The molecular weight excluding hydrogens is 329 g/mol. The molecule has 6 nitrogen and oxygen atoms in total. The van der Waals surface area contributed by atoms with E-state index in [0.717, 1.165) is 0 Å². The number of carbonyl (C=O) groups is 3. The zero-order chi connectivity index (χ0) is 18.4. The minimum Gasteiger partial charge on any atom is -0.480 e. The lowest BCUT2D eigenvalue weighted by Crippen LogP contribution is -2.43. The minimum absolute atomic E-state index is 0.0182. The lowest BCUT2D eigenvalue weighted by Gasteiger charge is -2.15. The summed E-state index contributed by atoms with van der Waals surface area (Å²) in [7, 11) is 0. The molecule has 25 heavy (non-hydrogen) atoms. The van der Waals surface area contributed by atoms with E-state index in [1.165, 1.54) is 48.5 Å². The highest BCUT2D eigenvalue weighted by Gasteiger charge is 2.20. The second kappa shape index (κ2) is 8.05. The molecule has 1 amide bonds. The van der Waals surface area contributed by atoms with Crippen molar-refractivity contribution < 1.29 is 29.0 Å². The molecule has 0 aliphatic rings. The van der Waals surface area contributed by atoms with E-state index in [2.05, 4.69) is 5.32 Å². The molecule has 0 fully saturated rings. The quantitative estimate of drug-likeness (QED) is 0.711. The van der Waals surface area contributed by atoms with Gasteiger partial charge in [0.2, 0.25) is 5.91 Å². The Bertz CT molecular complexity index is 771. The number of benzene rings is 2. The molecule has 2 aromatic rings. The second-order valence-corrected chi connectivity index (χ2v) is 5.47. The van der Waals surface area contributed by atoms with Crippen LogP contribution in [0.25, 0.3) is 0 Å². The molecule has 0 aliphatic carbocycles. The van der Waals surface area contributed by atoms with Crippen LogP contribution in [0, 0.1) is 5.82 Å². The van der Waals surface area contributed by atoms with Gasteiger partial charge in [-0.1, -0.05) is 24.3 Å². The highest BCUT2D eigenvalue weighted by Crippen LogP contribution is 2.09. The first kappa shape index (κ1) is 18.1. The van der Waals surface area contributed by atoms with E-state index in [4.69, 9.17) is 5.11 Å². The van der Waals surface area contributed by atoms with E-state index in [1.54, 1.807) is 0 Å². The van der Waals surface area contributed by atoms with Gasteiger partial charge in [-0.3, -0.25) is 4.79 Å². The summed E-state index contributed by atoms with van der Waals surface area (Å²) in [5.41, 5.74) is 1.24. The number of hydrogen-bond acceptors (Lipinski definition) is 3. The van der Waals surface area contributed by atoms with Crippen LogP contribution in [-0.2, 0) is 22.4 Å². The van der Waals surface area contributed by atoms with Crippen molar-refractivity contribution in [2.75, 3.05) is 0 Å². The van der Waals surface area contributed by atoms with E-state index < -0.39 is 29.7 Å². The van der Waals surface area contributed by atoms with Crippen LogP contribution in [0.3, 0.4) is 0 Å². The number of amides is 1. The van der Waals surface area contributed by atoms with E-state index in [9.17, 15) is 23.9 Å². The van der Waals surface area contributed by atoms with Gasteiger partial charge in [-0.25, -0.2) is 14.0 Å². The van der Waals surface area contributed by atoms with Crippen LogP contribution in [0.4, 0.5) is 4.39 Å². The Morgan fingerprint density at radius 3 is 2.00 bits per heavy atom. The summed E-state index contributed by atoms with van der Waals surface area (Å²) in [4.78, 5) is 34.2. The zero-order valence-electron chi connectivity index (χ0n) is 13.1. The standard InChI is InChI=1S/C18H16FNO5/c19-14-7-3-12(4-8-14)10-16(21)20-15(18(24)25)9-11-1-5-13(6-2-11)17(22)23/h1-8,15H,9-10H2,(H,20,21)(H,22,23)(H,24,25)/t15-/m0/s1. The van der Waals surface area contributed by atoms with Crippen LogP contribution < -0.4 is 5.32 Å². The number of aromatic carboxylic acids is 1. The van der Waals surface area contributed by atoms with Gasteiger partial charge in [-0.2, -0.15) is 0 Å². The van der Waals surface area contributed by atoms with Crippen molar-refractivity contribution in [1.82, 2.24) is 5.32 Å². The fraction of sp³-hybridized carbons (Fsp3) is 0.167. The second-order valence-electron chi connectivity index (χ2n) is 5.47. The van der Waals surface area contributed by atoms with Crippen LogP contribution >= 0.6 is 0 Å². The highest BCUT2D eigenvalue weighted by molar-refractivity contribution is 5.87. The molecule has 0 saturated heterocycles. The fourth-order valence-electron chi connectivity index (χ4n) is 2.25. The third kappa shape index (κ3) is 5.42. The molecule has 1 atom stereocenters. The van der Waals surface area contributed by atoms with Crippen LogP contribution in [0.15, 0.2) is 48.5 Å². The van der Waals surface area contributed by atoms with Crippen molar-refractivity contribution in [3.63, 3.8) is 0 Å². The van der Waals surface area contributed by atoms with Crippen LogP contribution in [-0.4, -0.2) is 34.1 Å². The molecule has 0 spiro atoms. The smallest absolute Gasteiger partial charge is 0.335 e. The topological polar surface area (TPSA) is 104 Å². The van der Waals surface area contributed by atoms with Crippen molar-refractivity contribution in [3.8, 4) is 0 Å². The number of rotatable bonds is 7. The van der Waals surface area contributed by atoms with Crippen molar-refractivity contribution >= 4 is 17.8 Å². The van der Waals surface area contributed by atoms with Crippen molar-refractivity contribution in [2.45, 2.75) is 18.9 Å². The number of nitrogens with one attached hydrogen (secondary N) is 1. The summed E-state index contributed by atoms with van der Waals surface area (Å²) in [6, 6.07) is 9.96. The molecule has 7 heteroatoms. The van der Waals surface area contributed by atoms with E-state index in [-0.39, 0.29) is 18.4 Å². The molecule has 3 N–H and O–H groups in total. The summed E-state index contributed by atoms with van der Waals surface area (Å²) >= 11 is 0. The Kier molecular flexibility index (Phi) is 5.84. The molecule has 0 aromatic heterocycles. The van der Waals surface area contributed by atoms with Crippen LogP contribution in [0.1, 0.15) is 21.5 Å². The molecule has 2 aromatic carbocycles. The van der Waals surface area contributed by atoms with Crippen molar-refractivity contribution in [3.05, 3.63) is 71.0 Å². The number of hydrogen-bond donors (Lipinski definition) is 3. The molecule has 0 bridgehead atoms. The molecule has 0 unspecified atom stereocenters. The Morgan fingerprint density at radius 2 is 1.48 bits per heavy atom. The molecule has 2 rings (SSSR count). The maximum absolute atomic E-state index is 12.8. The predicted molar refractivity (Wildman–Crippen MR) is 86.8 cm³/mol. The Labute approximate surface area is 142 Å². The van der Waals surface area contributed by atoms with Crippen LogP contribution in [0.5, 0.6) is 0 Å². The zero-order valence-corrected chi connectivity index (χ0v) is 13.1. The average molecular weight is 345 g/mol. The first-order chi connectivity index (χ1) is 11.8. The largest absolute Gasteiger partial charge is 0.480 e. The monoisotopic (exact) mass is 345 g/mol. The fourth-order valence-corrected chi connectivity index (χ4v) is 2.25. The lowest BCUT2D eigenvalue weighted by molar-refractivity contribution is -0.141. The van der Waals surface area contributed by atoms with E-state index in [0.29, 0.717) is 11.1 Å². The molecule has 0 radical (unpaired) electrons. The van der Waals surface area contributed by atoms with Gasteiger partial charge < -0.3 is 15.5 Å². The lowest BCUT2D eigenvalue weighted by atomic mass is 10.0. The maximum Gasteiger partial charge on any atom is 0.335 e. The molecule has 130 valence electrons. The SMILES string of the molecule is O=C(Cc1ccc(F)cc1)N[C@@H](Cc1ccc(C(=O)O)cc1)C(=O)O. The van der Waals surface area contributed by atoms with Crippen molar-refractivity contribution in [1.29, 1.82) is 0 Å². The Balaban J connectivity index is 2.00. The van der Waals surface area contributed by atoms with Gasteiger partial charge in [0.1, 0.15) is 11.9 Å². The first-order valence-electron chi connectivity index (χ1n) is 7.44. The summed E-state index contributed by atoms with van der Waals surface area (Å²) in [6.07, 6.45) is -0.0492. The maximum atomic E-state index is 12.8. The van der Waals surface area contributed by atoms with E-state index >= 15 is 0 Å². The summed E-state index contributed by atoms with van der Waals surface area (Å²) < 4.78 is 12.8. The summed E-state index contributed by atoms with van der Waals surface area (Å²) in [5.74, 6) is -3.19. The Hall–Kier alpha value is -3.22. The predicted octanol–water partition coefficient (Wildman–Crippen LogP) is 1.88. The van der Waals surface area contributed by atoms with E-state index in [1.807, 2.05) is 0 Å². The number of carboxylic acid groups (broad SMARTS) is 2.